The molecule has 7 heteroatoms. The predicted molar refractivity (Wildman–Crippen MR) is 93.2 cm³/mol. The number of ether oxygens (including phenoxy) is 1. The van der Waals surface area contributed by atoms with Crippen LogP contribution in [0.15, 0.2) is 30.3 Å². The number of nitrogens with one attached hydrogen (secondary N) is 1. The van der Waals surface area contributed by atoms with Gasteiger partial charge in [0.2, 0.25) is 0 Å². The van der Waals surface area contributed by atoms with Crippen LogP contribution in [0, 0.1) is 0 Å². The Hall–Kier alpha value is -1.89. The molecule has 0 atom stereocenters. The Kier molecular flexibility index (Phi) is 5.50. The lowest BCUT2D eigenvalue weighted by Crippen LogP contribution is -2.41. The van der Waals surface area contributed by atoms with Crippen LogP contribution in [0.1, 0.15) is 10.5 Å². The highest BCUT2D eigenvalue weighted by molar-refractivity contribution is 6.30. The van der Waals surface area contributed by atoms with Crippen molar-refractivity contribution in [3.8, 4) is 11.3 Å². The number of carbonyl (C=O) groups is 1. The predicted octanol–water partition coefficient (Wildman–Crippen LogP) is 1.80. The lowest BCUT2D eigenvalue weighted by molar-refractivity contribution is 0.0383. The maximum Gasteiger partial charge on any atom is 0.271 e. The molecule has 1 aromatic heterocycles. The lowest BCUT2D eigenvalue weighted by atomic mass is 10.1. The highest BCUT2D eigenvalue weighted by atomic mass is 35.5. The van der Waals surface area contributed by atoms with Crippen molar-refractivity contribution in [3.63, 3.8) is 0 Å². The Balaban J connectivity index is 1.59. The van der Waals surface area contributed by atoms with Crippen molar-refractivity contribution in [2.24, 2.45) is 7.05 Å². The van der Waals surface area contributed by atoms with Gasteiger partial charge in [0.25, 0.3) is 5.91 Å². The van der Waals surface area contributed by atoms with Gasteiger partial charge in [0, 0.05) is 38.2 Å². The molecule has 0 spiro atoms. The van der Waals surface area contributed by atoms with Crippen molar-refractivity contribution in [2.75, 3.05) is 39.4 Å². The molecule has 2 heterocycles. The lowest BCUT2D eigenvalue weighted by Gasteiger charge is -2.26. The molecule has 128 valence electrons. The second-order valence-electron chi connectivity index (χ2n) is 5.76. The van der Waals surface area contributed by atoms with Gasteiger partial charge in [-0.15, -0.1) is 0 Å². The molecule has 2 aromatic rings. The van der Waals surface area contributed by atoms with E-state index in [-0.39, 0.29) is 5.91 Å². The first-order valence-corrected chi connectivity index (χ1v) is 8.39. The standard InChI is InChI=1S/C17H21ClN4O2/c1-21-16(13-2-4-14(18)5-3-13)12-15(20-21)17(23)19-6-7-22-8-10-24-11-9-22/h2-5,12H,6-11H2,1H3,(H,19,23). The van der Waals surface area contributed by atoms with E-state index in [1.54, 1.807) is 10.7 Å². The first-order valence-electron chi connectivity index (χ1n) is 8.02. The van der Waals surface area contributed by atoms with Gasteiger partial charge in [0.05, 0.1) is 18.9 Å². The average molecular weight is 349 g/mol. The Labute approximate surface area is 146 Å². The van der Waals surface area contributed by atoms with Crippen LogP contribution in [0.5, 0.6) is 0 Å². The van der Waals surface area contributed by atoms with E-state index in [9.17, 15) is 4.79 Å². The highest BCUT2D eigenvalue weighted by Gasteiger charge is 2.15. The molecule has 3 rings (SSSR count). The van der Waals surface area contributed by atoms with E-state index in [1.165, 1.54) is 0 Å². The third-order valence-electron chi connectivity index (χ3n) is 4.07. The van der Waals surface area contributed by atoms with Crippen LogP contribution in [0.2, 0.25) is 5.02 Å². The second kappa shape index (κ2) is 7.79. The summed E-state index contributed by atoms with van der Waals surface area (Å²) in [7, 11) is 1.83. The summed E-state index contributed by atoms with van der Waals surface area (Å²) in [6, 6.07) is 9.28. The smallest absolute Gasteiger partial charge is 0.271 e. The molecule has 0 unspecified atom stereocenters. The molecule has 0 radical (unpaired) electrons. The number of benzene rings is 1. The second-order valence-corrected chi connectivity index (χ2v) is 6.19. The molecule has 0 bridgehead atoms. The molecule has 0 aliphatic carbocycles. The summed E-state index contributed by atoms with van der Waals surface area (Å²) in [5.41, 5.74) is 2.27. The van der Waals surface area contributed by atoms with Crippen molar-refractivity contribution < 1.29 is 9.53 Å². The number of aryl methyl sites for hydroxylation is 1. The monoisotopic (exact) mass is 348 g/mol. The Morgan fingerprint density at radius 3 is 2.71 bits per heavy atom. The maximum atomic E-state index is 12.3. The summed E-state index contributed by atoms with van der Waals surface area (Å²) < 4.78 is 7.02. The Morgan fingerprint density at radius 2 is 2.00 bits per heavy atom. The number of halogens is 1. The molecule has 1 aliphatic heterocycles. The van der Waals surface area contributed by atoms with Crippen LogP contribution in [-0.4, -0.2) is 60.0 Å². The largest absolute Gasteiger partial charge is 0.379 e. The summed E-state index contributed by atoms with van der Waals surface area (Å²) in [6.07, 6.45) is 0. The molecule has 1 aromatic carbocycles. The first kappa shape index (κ1) is 17.0. The number of amides is 1. The van der Waals surface area contributed by atoms with E-state index in [2.05, 4.69) is 15.3 Å². The van der Waals surface area contributed by atoms with Gasteiger partial charge < -0.3 is 10.1 Å². The Bertz CT molecular complexity index is 693. The van der Waals surface area contributed by atoms with Gasteiger partial charge in [-0.1, -0.05) is 23.7 Å². The summed E-state index contributed by atoms with van der Waals surface area (Å²) in [6.45, 7) is 4.79. The minimum atomic E-state index is -0.154. The normalized spacial score (nSPS) is 15.4. The van der Waals surface area contributed by atoms with Crippen LogP contribution in [0.4, 0.5) is 0 Å². The molecule has 1 fully saturated rings. The van der Waals surface area contributed by atoms with Crippen molar-refractivity contribution in [2.45, 2.75) is 0 Å². The van der Waals surface area contributed by atoms with Gasteiger partial charge in [-0.05, 0) is 23.8 Å². The molecule has 1 aliphatic rings. The number of carbonyl (C=O) groups excluding carboxylic acids is 1. The van der Waals surface area contributed by atoms with Gasteiger partial charge in [0.15, 0.2) is 5.69 Å². The Morgan fingerprint density at radius 1 is 1.29 bits per heavy atom. The van der Waals surface area contributed by atoms with Crippen LogP contribution in [-0.2, 0) is 11.8 Å². The van der Waals surface area contributed by atoms with E-state index in [4.69, 9.17) is 16.3 Å². The number of hydrogen-bond donors (Lipinski definition) is 1. The quantitative estimate of drug-likeness (QED) is 0.895. The van der Waals surface area contributed by atoms with Crippen molar-refractivity contribution in [1.82, 2.24) is 20.0 Å². The zero-order chi connectivity index (χ0) is 16.9. The SMILES string of the molecule is Cn1nc(C(=O)NCCN2CCOCC2)cc1-c1ccc(Cl)cc1. The summed E-state index contributed by atoms with van der Waals surface area (Å²) in [5.74, 6) is -0.154. The molecule has 24 heavy (non-hydrogen) atoms. The summed E-state index contributed by atoms with van der Waals surface area (Å²) >= 11 is 5.92. The molecular weight excluding hydrogens is 328 g/mol. The third-order valence-corrected chi connectivity index (χ3v) is 4.32. The van der Waals surface area contributed by atoms with E-state index < -0.39 is 0 Å². The topological polar surface area (TPSA) is 59.4 Å². The zero-order valence-electron chi connectivity index (χ0n) is 13.7. The van der Waals surface area contributed by atoms with Gasteiger partial charge in [-0.25, -0.2) is 0 Å². The molecule has 6 nitrogen and oxygen atoms in total. The molecular formula is C17H21ClN4O2. The maximum absolute atomic E-state index is 12.3. The average Bonchev–Trinajstić information content (AvgIpc) is 2.98. The van der Waals surface area contributed by atoms with E-state index in [0.29, 0.717) is 17.3 Å². The minimum Gasteiger partial charge on any atom is -0.379 e. The van der Waals surface area contributed by atoms with Gasteiger partial charge >= 0.3 is 0 Å². The van der Waals surface area contributed by atoms with Crippen molar-refractivity contribution >= 4 is 17.5 Å². The van der Waals surface area contributed by atoms with Crippen LogP contribution in [0.25, 0.3) is 11.3 Å². The number of morpholine rings is 1. The highest BCUT2D eigenvalue weighted by Crippen LogP contribution is 2.21. The fraction of sp³-hybridized carbons (Fsp3) is 0.412. The van der Waals surface area contributed by atoms with Gasteiger partial charge in [-0.3, -0.25) is 14.4 Å². The van der Waals surface area contributed by atoms with Crippen LogP contribution >= 0.6 is 11.6 Å². The number of hydrogen-bond acceptors (Lipinski definition) is 4. The van der Waals surface area contributed by atoms with Gasteiger partial charge in [0.1, 0.15) is 0 Å². The fourth-order valence-electron chi connectivity index (χ4n) is 2.71. The number of aromatic nitrogens is 2. The molecule has 0 saturated carbocycles. The van der Waals surface area contributed by atoms with Crippen LogP contribution in [0.3, 0.4) is 0 Å². The minimum absolute atomic E-state index is 0.154. The molecule has 1 N–H and O–H groups in total. The van der Waals surface area contributed by atoms with E-state index >= 15 is 0 Å². The third kappa shape index (κ3) is 4.14. The van der Waals surface area contributed by atoms with Crippen LogP contribution < -0.4 is 5.32 Å². The molecule has 1 amide bonds. The number of nitrogens with zero attached hydrogens (tertiary/aromatic N) is 3. The van der Waals surface area contributed by atoms with Crippen molar-refractivity contribution in [1.29, 1.82) is 0 Å². The van der Waals surface area contributed by atoms with Crippen molar-refractivity contribution in [3.05, 3.63) is 41.0 Å². The van der Waals surface area contributed by atoms with E-state index in [1.807, 2.05) is 31.3 Å². The summed E-state index contributed by atoms with van der Waals surface area (Å²) in [5, 5.41) is 7.92. The summed E-state index contributed by atoms with van der Waals surface area (Å²) in [4.78, 5) is 14.6. The molecule has 1 saturated heterocycles. The van der Waals surface area contributed by atoms with E-state index in [0.717, 1.165) is 44.1 Å². The van der Waals surface area contributed by atoms with Gasteiger partial charge in [-0.2, -0.15) is 5.10 Å². The number of rotatable bonds is 5. The zero-order valence-corrected chi connectivity index (χ0v) is 14.4. The first-order chi connectivity index (χ1) is 11.6. The fourth-order valence-corrected chi connectivity index (χ4v) is 2.84.